The molecule has 4 aliphatic heterocycles. The Morgan fingerprint density at radius 3 is 2.76 bits per heavy atom. The number of aliphatic imine (C=N–C) groups is 2. The lowest BCUT2D eigenvalue weighted by Crippen LogP contribution is -2.43. The molecule has 4 heteroatoms. The number of rotatable bonds is 6. The number of hydrogen-bond donors (Lipinski definition) is 0. The molecule has 0 spiro atoms. The zero-order chi connectivity index (χ0) is 22.9. The lowest BCUT2D eigenvalue weighted by Gasteiger charge is -2.41. The van der Waals surface area contributed by atoms with Gasteiger partial charge in [0.05, 0.1) is 0 Å². The SMILES string of the molecule is C=CCC1CCCN2C(=C)C(CCN3CCC(C4=NCC5C=C(C)C=CC45)CC3)=C(C)N=C12. The Morgan fingerprint density at radius 2 is 1.97 bits per heavy atom. The standard InChI is InChI=1S/C29H40N4/c1-5-7-24-8-6-14-33-22(4)26(21(3)31-29(24)33)13-17-32-15-11-23(12-16-32)28-27-10-9-20(2)18-25(27)19-30-28/h5,9-10,18,23-25,27H,1,4,6-8,11-17,19H2,2-3H3. The van der Waals surface area contributed by atoms with Gasteiger partial charge in [-0.2, -0.15) is 0 Å². The van der Waals surface area contributed by atoms with Crippen LogP contribution in [0.15, 0.2) is 70.0 Å². The number of piperidine rings is 2. The fourth-order valence-electron chi connectivity index (χ4n) is 6.56. The van der Waals surface area contributed by atoms with Crippen molar-refractivity contribution in [3.63, 3.8) is 0 Å². The molecule has 5 aliphatic rings. The lowest BCUT2D eigenvalue weighted by molar-refractivity contribution is 0.209. The third kappa shape index (κ3) is 4.47. The normalized spacial score (nSPS) is 30.6. The van der Waals surface area contributed by atoms with Crippen LogP contribution in [0.25, 0.3) is 0 Å². The van der Waals surface area contributed by atoms with E-state index in [1.807, 2.05) is 6.08 Å². The monoisotopic (exact) mass is 444 g/mol. The maximum atomic E-state index is 5.08. The highest BCUT2D eigenvalue weighted by molar-refractivity contribution is 5.93. The lowest BCUT2D eigenvalue weighted by atomic mass is 9.78. The summed E-state index contributed by atoms with van der Waals surface area (Å²) in [5.74, 6) is 3.57. The Morgan fingerprint density at radius 1 is 1.15 bits per heavy atom. The predicted molar refractivity (Wildman–Crippen MR) is 139 cm³/mol. The second-order valence-electron chi connectivity index (χ2n) is 10.6. The number of fused-ring (bicyclic) bond motifs is 2. The van der Waals surface area contributed by atoms with Crippen molar-refractivity contribution in [3.05, 3.63) is 60.0 Å². The first-order valence-corrected chi connectivity index (χ1v) is 13.0. The highest BCUT2D eigenvalue weighted by atomic mass is 15.2. The summed E-state index contributed by atoms with van der Waals surface area (Å²) in [7, 11) is 0. The molecule has 1 aliphatic carbocycles. The molecule has 176 valence electrons. The van der Waals surface area contributed by atoms with Gasteiger partial charge < -0.3 is 9.80 Å². The van der Waals surface area contributed by atoms with Gasteiger partial charge in [0.15, 0.2) is 0 Å². The number of allylic oxidation sites excluding steroid dienone is 6. The minimum absolute atomic E-state index is 0.500. The van der Waals surface area contributed by atoms with Crippen LogP contribution in [-0.4, -0.2) is 54.1 Å². The smallest absolute Gasteiger partial charge is 0.112 e. The van der Waals surface area contributed by atoms with E-state index in [1.54, 1.807) is 0 Å². The van der Waals surface area contributed by atoms with Crippen molar-refractivity contribution in [3.8, 4) is 0 Å². The van der Waals surface area contributed by atoms with Crippen molar-refractivity contribution in [2.75, 3.05) is 32.7 Å². The molecule has 0 radical (unpaired) electrons. The van der Waals surface area contributed by atoms with Gasteiger partial charge in [-0.05, 0) is 77.0 Å². The number of nitrogens with zero attached hydrogens (tertiary/aromatic N) is 4. The summed E-state index contributed by atoms with van der Waals surface area (Å²) in [6, 6.07) is 0. The topological polar surface area (TPSA) is 31.2 Å². The Hall–Kier alpha value is -2.20. The minimum atomic E-state index is 0.500. The van der Waals surface area contributed by atoms with Crippen molar-refractivity contribution in [2.24, 2.45) is 33.7 Å². The van der Waals surface area contributed by atoms with Gasteiger partial charge in [0, 0.05) is 54.5 Å². The van der Waals surface area contributed by atoms with Crippen LogP contribution in [0.4, 0.5) is 0 Å². The van der Waals surface area contributed by atoms with Crippen LogP contribution in [-0.2, 0) is 0 Å². The summed E-state index contributed by atoms with van der Waals surface area (Å²) >= 11 is 0. The van der Waals surface area contributed by atoms with Crippen LogP contribution in [0.3, 0.4) is 0 Å². The highest BCUT2D eigenvalue weighted by Crippen LogP contribution is 2.37. The Balaban J connectivity index is 1.17. The van der Waals surface area contributed by atoms with Crippen molar-refractivity contribution in [1.82, 2.24) is 9.80 Å². The van der Waals surface area contributed by atoms with Gasteiger partial charge in [-0.3, -0.25) is 4.99 Å². The van der Waals surface area contributed by atoms with Crippen molar-refractivity contribution in [2.45, 2.75) is 52.4 Å². The molecule has 0 aromatic heterocycles. The molecule has 2 saturated heterocycles. The van der Waals surface area contributed by atoms with E-state index >= 15 is 0 Å². The molecule has 0 aromatic carbocycles. The third-order valence-electron chi connectivity index (χ3n) is 8.44. The molecule has 3 unspecified atom stereocenters. The molecule has 0 aromatic rings. The summed E-state index contributed by atoms with van der Waals surface area (Å²) in [6.07, 6.45) is 16.2. The van der Waals surface area contributed by atoms with E-state index in [4.69, 9.17) is 9.98 Å². The van der Waals surface area contributed by atoms with Gasteiger partial charge in [-0.15, -0.1) is 6.58 Å². The minimum Gasteiger partial charge on any atom is -0.330 e. The summed E-state index contributed by atoms with van der Waals surface area (Å²) in [5, 5.41) is 0. The van der Waals surface area contributed by atoms with E-state index < -0.39 is 0 Å². The summed E-state index contributed by atoms with van der Waals surface area (Å²) in [5.41, 5.74) is 6.61. The summed E-state index contributed by atoms with van der Waals surface area (Å²) in [6.45, 7) is 18.4. The maximum absolute atomic E-state index is 5.08. The van der Waals surface area contributed by atoms with E-state index in [-0.39, 0.29) is 0 Å². The van der Waals surface area contributed by atoms with E-state index in [9.17, 15) is 0 Å². The van der Waals surface area contributed by atoms with E-state index in [0.29, 0.717) is 23.7 Å². The fourth-order valence-corrected chi connectivity index (χ4v) is 6.56. The van der Waals surface area contributed by atoms with Gasteiger partial charge in [0.2, 0.25) is 0 Å². The third-order valence-corrected chi connectivity index (χ3v) is 8.44. The Kier molecular flexibility index (Phi) is 6.56. The number of likely N-dealkylation sites (tertiary alicyclic amines) is 1. The first kappa shape index (κ1) is 22.6. The molecule has 5 rings (SSSR count). The molecule has 2 fully saturated rings. The average Bonchev–Trinajstić information content (AvgIpc) is 3.23. The molecule has 0 bridgehead atoms. The molecule has 0 N–H and O–H groups in total. The van der Waals surface area contributed by atoms with Crippen LogP contribution >= 0.6 is 0 Å². The Bertz CT molecular complexity index is 954. The van der Waals surface area contributed by atoms with Crippen LogP contribution < -0.4 is 0 Å². The van der Waals surface area contributed by atoms with Crippen LogP contribution in [0, 0.1) is 23.7 Å². The van der Waals surface area contributed by atoms with Crippen molar-refractivity contribution < 1.29 is 0 Å². The van der Waals surface area contributed by atoms with Gasteiger partial charge in [-0.25, -0.2) is 4.99 Å². The van der Waals surface area contributed by atoms with Crippen LogP contribution in [0.5, 0.6) is 0 Å². The maximum Gasteiger partial charge on any atom is 0.112 e. The van der Waals surface area contributed by atoms with Gasteiger partial charge >= 0.3 is 0 Å². The second-order valence-corrected chi connectivity index (χ2v) is 10.6. The van der Waals surface area contributed by atoms with E-state index in [0.717, 1.165) is 32.5 Å². The second kappa shape index (κ2) is 9.58. The van der Waals surface area contributed by atoms with Crippen LogP contribution in [0.1, 0.15) is 52.4 Å². The first-order valence-electron chi connectivity index (χ1n) is 13.0. The van der Waals surface area contributed by atoms with Crippen LogP contribution in [0.2, 0.25) is 0 Å². The van der Waals surface area contributed by atoms with Gasteiger partial charge in [0.25, 0.3) is 0 Å². The molecule has 0 saturated carbocycles. The largest absolute Gasteiger partial charge is 0.330 e. The fraction of sp³-hybridized carbons (Fsp3) is 0.586. The molecular weight excluding hydrogens is 404 g/mol. The summed E-state index contributed by atoms with van der Waals surface area (Å²) < 4.78 is 0. The molecule has 3 atom stereocenters. The summed E-state index contributed by atoms with van der Waals surface area (Å²) in [4.78, 5) is 15.1. The molecule has 4 heterocycles. The van der Waals surface area contributed by atoms with Crippen molar-refractivity contribution in [1.29, 1.82) is 0 Å². The quantitative estimate of drug-likeness (QED) is 0.486. The van der Waals surface area contributed by atoms with Gasteiger partial charge in [0.1, 0.15) is 5.84 Å². The molecule has 4 nitrogen and oxygen atoms in total. The highest BCUT2D eigenvalue weighted by Gasteiger charge is 2.36. The number of amidine groups is 1. The van der Waals surface area contributed by atoms with E-state index in [1.165, 1.54) is 72.9 Å². The molecule has 0 amide bonds. The zero-order valence-corrected chi connectivity index (χ0v) is 20.6. The first-order chi connectivity index (χ1) is 16.0. The zero-order valence-electron chi connectivity index (χ0n) is 20.6. The molecular formula is C29H40N4. The van der Waals surface area contributed by atoms with E-state index in [2.05, 4.69) is 55.0 Å². The van der Waals surface area contributed by atoms with Crippen molar-refractivity contribution >= 4 is 11.5 Å². The van der Waals surface area contributed by atoms with Gasteiger partial charge in [-0.1, -0.05) is 36.5 Å². The predicted octanol–water partition coefficient (Wildman–Crippen LogP) is 5.78. The Labute approximate surface area is 200 Å². The molecule has 33 heavy (non-hydrogen) atoms. The number of hydrogen-bond acceptors (Lipinski definition) is 4. The average molecular weight is 445 g/mol.